The molecule has 1 N–H and O–H groups in total. The number of para-hydroxylation sites is 1. The van der Waals surface area contributed by atoms with Crippen LogP contribution in [0.4, 0.5) is 4.39 Å². The molecular formula is C22H19FN4O4. The van der Waals surface area contributed by atoms with E-state index in [1.807, 2.05) is 0 Å². The molecule has 0 saturated heterocycles. The number of carbonyl (C=O) groups is 1. The van der Waals surface area contributed by atoms with Crippen molar-refractivity contribution in [1.29, 1.82) is 5.26 Å². The summed E-state index contributed by atoms with van der Waals surface area (Å²) >= 11 is 0. The first-order valence-electron chi connectivity index (χ1n) is 9.38. The molecule has 3 aromatic rings. The molecule has 0 spiro atoms. The largest absolute Gasteiger partial charge is 0.435 e. The zero-order valence-corrected chi connectivity index (χ0v) is 16.7. The number of pyridine rings is 1. The summed E-state index contributed by atoms with van der Waals surface area (Å²) in [6.45, 7) is 0.738. The van der Waals surface area contributed by atoms with Crippen LogP contribution in [-0.4, -0.2) is 35.6 Å². The summed E-state index contributed by atoms with van der Waals surface area (Å²) in [4.78, 5) is 29.7. The third-order valence-electron chi connectivity index (χ3n) is 4.24. The summed E-state index contributed by atoms with van der Waals surface area (Å²) < 4.78 is 25.8. The molecule has 9 heteroatoms. The van der Waals surface area contributed by atoms with Crippen LogP contribution in [0.15, 0.2) is 59.0 Å². The van der Waals surface area contributed by atoms with Crippen LogP contribution in [0.2, 0.25) is 0 Å². The normalized spacial score (nSPS) is 11.2. The van der Waals surface area contributed by atoms with Crippen LogP contribution in [0.5, 0.6) is 11.6 Å². The average molecular weight is 422 g/mol. The van der Waals surface area contributed by atoms with Crippen LogP contribution < -0.4 is 15.6 Å². The van der Waals surface area contributed by atoms with Crippen LogP contribution in [-0.2, 0) is 9.53 Å². The van der Waals surface area contributed by atoms with Crippen molar-refractivity contribution in [2.45, 2.75) is 6.42 Å². The minimum Gasteiger partial charge on any atom is -0.435 e. The summed E-state index contributed by atoms with van der Waals surface area (Å²) in [7, 11) is 1.54. The number of rotatable bonds is 8. The van der Waals surface area contributed by atoms with Crippen LogP contribution in [0.25, 0.3) is 11.7 Å². The Morgan fingerprint density at radius 2 is 2.06 bits per heavy atom. The third-order valence-corrected chi connectivity index (χ3v) is 4.24. The van der Waals surface area contributed by atoms with E-state index in [0.717, 1.165) is 6.08 Å². The van der Waals surface area contributed by atoms with Crippen LogP contribution in [0, 0.1) is 17.1 Å². The van der Waals surface area contributed by atoms with E-state index in [0.29, 0.717) is 19.6 Å². The summed E-state index contributed by atoms with van der Waals surface area (Å²) in [5, 5.41) is 12.0. The molecule has 2 aromatic heterocycles. The van der Waals surface area contributed by atoms with E-state index in [-0.39, 0.29) is 28.4 Å². The molecule has 0 aliphatic carbocycles. The van der Waals surface area contributed by atoms with Gasteiger partial charge in [0.1, 0.15) is 22.9 Å². The zero-order valence-electron chi connectivity index (χ0n) is 16.7. The lowest BCUT2D eigenvalue weighted by molar-refractivity contribution is -0.117. The molecule has 0 aliphatic rings. The number of fused-ring (bicyclic) bond motifs is 1. The number of hydrogen-bond acceptors (Lipinski definition) is 6. The van der Waals surface area contributed by atoms with Crippen LogP contribution in [0.1, 0.15) is 12.0 Å². The monoisotopic (exact) mass is 422 g/mol. The molecule has 158 valence electrons. The van der Waals surface area contributed by atoms with E-state index >= 15 is 0 Å². The van der Waals surface area contributed by atoms with Gasteiger partial charge in [0, 0.05) is 26.5 Å². The minimum absolute atomic E-state index is 0.146. The number of amides is 1. The molecule has 1 amide bonds. The van der Waals surface area contributed by atoms with Gasteiger partial charge in [0.25, 0.3) is 11.5 Å². The van der Waals surface area contributed by atoms with Gasteiger partial charge in [-0.1, -0.05) is 18.2 Å². The predicted octanol–water partition coefficient (Wildman–Crippen LogP) is 2.69. The number of hydrogen-bond donors (Lipinski definition) is 1. The summed E-state index contributed by atoms with van der Waals surface area (Å²) in [6, 6.07) is 12.3. The van der Waals surface area contributed by atoms with Crippen molar-refractivity contribution in [3.8, 4) is 17.7 Å². The van der Waals surface area contributed by atoms with Crippen molar-refractivity contribution in [3.05, 3.63) is 76.0 Å². The van der Waals surface area contributed by atoms with Crippen molar-refractivity contribution in [3.63, 3.8) is 0 Å². The van der Waals surface area contributed by atoms with Gasteiger partial charge in [0.2, 0.25) is 5.88 Å². The maximum absolute atomic E-state index is 14.1. The zero-order chi connectivity index (χ0) is 22.2. The highest BCUT2D eigenvalue weighted by Crippen LogP contribution is 2.26. The third kappa shape index (κ3) is 5.12. The Morgan fingerprint density at radius 1 is 1.29 bits per heavy atom. The van der Waals surface area contributed by atoms with E-state index in [4.69, 9.17) is 9.47 Å². The fourth-order valence-corrected chi connectivity index (χ4v) is 2.72. The van der Waals surface area contributed by atoms with Gasteiger partial charge in [0.15, 0.2) is 11.6 Å². The summed E-state index contributed by atoms with van der Waals surface area (Å²) in [5.41, 5.74) is -0.781. The summed E-state index contributed by atoms with van der Waals surface area (Å²) in [6.07, 6.45) is 3.14. The highest BCUT2D eigenvalue weighted by molar-refractivity contribution is 6.01. The smallest absolute Gasteiger partial charge is 0.269 e. The topological polar surface area (TPSA) is 106 Å². The molecule has 0 aliphatic heterocycles. The second-order valence-electron chi connectivity index (χ2n) is 6.37. The lowest BCUT2D eigenvalue weighted by Gasteiger charge is -2.11. The lowest BCUT2D eigenvalue weighted by atomic mass is 10.1. The number of methoxy groups -OCH3 is 1. The number of carbonyl (C=O) groups excluding carboxylic acids is 1. The molecule has 2 heterocycles. The number of halogens is 1. The average Bonchev–Trinajstić information content (AvgIpc) is 2.78. The molecular weight excluding hydrogens is 403 g/mol. The fourth-order valence-electron chi connectivity index (χ4n) is 2.72. The SMILES string of the molecule is COCCCNC(=O)/C(C#N)=C/c1c(Oc2ccccc2F)nc2ccccn2c1=O. The van der Waals surface area contributed by atoms with Gasteiger partial charge in [-0.15, -0.1) is 0 Å². The van der Waals surface area contributed by atoms with E-state index in [1.165, 1.54) is 28.8 Å². The predicted molar refractivity (Wildman–Crippen MR) is 111 cm³/mol. The van der Waals surface area contributed by atoms with Crippen molar-refractivity contribution >= 4 is 17.6 Å². The van der Waals surface area contributed by atoms with E-state index < -0.39 is 17.3 Å². The lowest BCUT2D eigenvalue weighted by Crippen LogP contribution is -2.27. The van der Waals surface area contributed by atoms with Gasteiger partial charge in [-0.05, 0) is 36.8 Å². The Kier molecular flexibility index (Phi) is 7.09. The van der Waals surface area contributed by atoms with Crippen LogP contribution in [0.3, 0.4) is 0 Å². The Labute approximate surface area is 177 Å². The van der Waals surface area contributed by atoms with Crippen molar-refractivity contribution in [2.75, 3.05) is 20.3 Å². The Morgan fingerprint density at radius 3 is 2.81 bits per heavy atom. The van der Waals surface area contributed by atoms with Gasteiger partial charge in [-0.3, -0.25) is 14.0 Å². The second-order valence-corrected chi connectivity index (χ2v) is 6.37. The maximum Gasteiger partial charge on any atom is 0.269 e. The number of benzene rings is 1. The quantitative estimate of drug-likeness (QED) is 0.340. The number of aromatic nitrogens is 2. The Bertz CT molecular complexity index is 1230. The second kappa shape index (κ2) is 10.1. The van der Waals surface area contributed by atoms with Gasteiger partial charge >= 0.3 is 0 Å². The molecule has 0 saturated carbocycles. The highest BCUT2D eigenvalue weighted by atomic mass is 19.1. The minimum atomic E-state index is -0.659. The van der Waals surface area contributed by atoms with Gasteiger partial charge in [-0.25, -0.2) is 4.39 Å². The number of nitrogens with one attached hydrogen (secondary N) is 1. The van der Waals surface area contributed by atoms with Crippen molar-refractivity contribution < 1.29 is 18.7 Å². The maximum atomic E-state index is 14.1. The molecule has 1 aromatic carbocycles. The standard InChI is InChI=1S/C22H19FN4O4/c1-30-12-6-10-25-20(28)15(14-24)13-16-21(31-18-8-3-2-7-17(18)23)26-19-9-4-5-11-27(19)22(16)29/h2-5,7-9,11,13H,6,10,12H2,1H3,(H,25,28)/b15-13+. The van der Waals surface area contributed by atoms with Crippen molar-refractivity contribution in [1.82, 2.24) is 14.7 Å². The Hall–Kier alpha value is -4.03. The highest BCUT2D eigenvalue weighted by Gasteiger charge is 2.18. The molecule has 0 atom stereocenters. The number of ether oxygens (including phenoxy) is 2. The van der Waals surface area contributed by atoms with Gasteiger partial charge in [-0.2, -0.15) is 10.2 Å². The molecule has 8 nitrogen and oxygen atoms in total. The number of nitrogens with zero attached hydrogens (tertiary/aromatic N) is 3. The molecule has 31 heavy (non-hydrogen) atoms. The van der Waals surface area contributed by atoms with E-state index in [1.54, 1.807) is 37.4 Å². The fraction of sp³-hybridized carbons (Fsp3) is 0.182. The first kappa shape index (κ1) is 21.7. The molecule has 0 bridgehead atoms. The first-order chi connectivity index (χ1) is 15.0. The summed E-state index contributed by atoms with van der Waals surface area (Å²) in [5.74, 6) is -1.68. The molecule has 3 rings (SSSR count). The van der Waals surface area contributed by atoms with Crippen molar-refractivity contribution in [2.24, 2.45) is 0 Å². The molecule has 0 unspecified atom stereocenters. The molecule has 0 fully saturated rings. The van der Waals surface area contributed by atoms with E-state index in [2.05, 4.69) is 10.3 Å². The first-order valence-corrected chi connectivity index (χ1v) is 9.38. The van der Waals surface area contributed by atoms with Gasteiger partial charge in [0.05, 0.1) is 0 Å². The molecule has 0 radical (unpaired) electrons. The number of nitriles is 1. The van der Waals surface area contributed by atoms with E-state index in [9.17, 15) is 19.2 Å². The van der Waals surface area contributed by atoms with Gasteiger partial charge < -0.3 is 14.8 Å². The van der Waals surface area contributed by atoms with Crippen LogP contribution >= 0.6 is 0 Å². The Balaban J connectivity index is 2.06.